The summed E-state index contributed by atoms with van der Waals surface area (Å²) in [5.41, 5.74) is 10.6. The highest BCUT2D eigenvalue weighted by Gasteiger charge is 2.09. The molecule has 0 amide bonds. The summed E-state index contributed by atoms with van der Waals surface area (Å²) in [6.45, 7) is 4.09. The molecule has 1 atom stereocenters. The number of halogens is 1. The van der Waals surface area contributed by atoms with Crippen LogP contribution in [0.25, 0.3) is 0 Å². The van der Waals surface area contributed by atoms with E-state index in [1.54, 1.807) is 0 Å². The maximum Gasteiger partial charge on any atom is 0.0419 e. The topological polar surface area (TPSA) is 29.3 Å². The molecule has 0 unspecified atom stereocenters. The molecule has 2 N–H and O–H groups in total. The van der Waals surface area contributed by atoms with Crippen molar-refractivity contribution in [3.05, 3.63) is 58.1 Å². The van der Waals surface area contributed by atoms with Gasteiger partial charge in [-0.15, -0.1) is 0 Å². The first-order valence-corrected chi connectivity index (χ1v) is 7.14. The van der Waals surface area contributed by atoms with E-state index in [1.165, 1.54) is 11.3 Å². The van der Waals surface area contributed by atoms with E-state index in [1.807, 2.05) is 6.92 Å². The third kappa shape index (κ3) is 3.17. The molecular weight excluding hydrogens is 300 g/mol. The van der Waals surface area contributed by atoms with Crippen LogP contribution in [0.1, 0.15) is 24.1 Å². The Bertz CT molecular complexity index is 579. The summed E-state index contributed by atoms with van der Waals surface area (Å²) >= 11 is 3.60. The van der Waals surface area contributed by atoms with Crippen LogP contribution in [0, 0.1) is 6.92 Å². The SMILES string of the molecule is Cc1cccc(N(C)c2ccc([C@@H](C)N)c(Br)c2)c1. The van der Waals surface area contributed by atoms with Crippen LogP contribution in [0.15, 0.2) is 46.9 Å². The number of hydrogen-bond acceptors (Lipinski definition) is 2. The van der Waals surface area contributed by atoms with Gasteiger partial charge in [0.25, 0.3) is 0 Å². The van der Waals surface area contributed by atoms with Gasteiger partial charge in [0.15, 0.2) is 0 Å². The number of nitrogens with zero attached hydrogens (tertiary/aromatic N) is 1. The minimum Gasteiger partial charge on any atom is -0.345 e. The highest BCUT2D eigenvalue weighted by Crippen LogP contribution is 2.30. The van der Waals surface area contributed by atoms with Crippen molar-refractivity contribution in [2.75, 3.05) is 11.9 Å². The van der Waals surface area contributed by atoms with Crippen molar-refractivity contribution < 1.29 is 0 Å². The quantitative estimate of drug-likeness (QED) is 0.899. The molecule has 0 aliphatic heterocycles. The first-order chi connectivity index (χ1) is 8.99. The Kier molecular flexibility index (Phi) is 4.27. The molecule has 0 radical (unpaired) electrons. The van der Waals surface area contributed by atoms with Crippen LogP contribution in [0.5, 0.6) is 0 Å². The van der Waals surface area contributed by atoms with E-state index in [-0.39, 0.29) is 6.04 Å². The zero-order valence-electron chi connectivity index (χ0n) is 11.5. The Morgan fingerprint density at radius 2 is 1.79 bits per heavy atom. The second-order valence-corrected chi connectivity index (χ2v) is 5.75. The molecule has 2 nitrogen and oxygen atoms in total. The predicted octanol–water partition coefficient (Wildman–Crippen LogP) is 4.55. The van der Waals surface area contributed by atoms with Crippen molar-refractivity contribution in [3.8, 4) is 0 Å². The first-order valence-electron chi connectivity index (χ1n) is 6.34. The van der Waals surface area contributed by atoms with Crippen LogP contribution in [0.3, 0.4) is 0 Å². The number of rotatable bonds is 3. The predicted molar refractivity (Wildman–Crippen MR) is 86.0 cm³/mol. The van der Waals surface area contributed by atoms with Crippen LogP contribution in [0.4, 0.5) is 11.4 Å². The molecule has 2 aromatic rings. The molecule has 0 aliphatic rings. The van der Waals surface area contributed by atoms with E-state index in [0.717, 1.165) is 15.7 Å². The molecule has 2 rings (SSSR count). The number of nitrogens with two attached hydrogens (primary N) is 1. The van der Waals surface area contributed by atoms with E-state index in [4.69, 9.17) is 5.73 Å². The van der Waals surface area contributed by atoms with Gasteiger partial charge in [-0.05, 0) is 49.2 Å². The lowest BCUT2D eigenvalue weighted by molar-refractivity contribution is 0.813. The van der Waals surface area contributed by atoms with Gasteiger partial charge in [0.1, 0.15) is 0 Å². The average molecular weight is 319 g/mol. The molecule has 2 aromatic carbocycles. The Morgan fingerprint density at radius 1 is 1.11 bits per heavy atom. The summed E-state index contributed by atoms with van der Waals surface area (Å²) in [5, 5.41) is 0. The molecule has 0 aromatic heterocycles. The van der Waals surface area contributed by atoms with E-state index in [0.29, 0.717) is 0 Å². The number of anilines is 2. The summed E-state index contributed by atoms with van der Waals surface area (Å²) in [6, 6.07) is 14.8. The molecule has 0 heterocycles. The van der Waals surface area contributed by atoms with E-state index in [9.17, 15) is 0 Å². The summed E-state index contributed by atoms with van der Waals surface area (Å²) in [5.74, 6) is 0. The largest absolute Gasteiger partial charge is 0.345 e. The third-order valence-electron chi connectivity index (χ3n) is 3.25. The molecule has 0 aliphatic carbocycles. The molecule has 0 spiro atoms. The van der Waals surface area contributed by atoms with E-state index >= 15 is 0 Å². The zero-order valence-corrected chi connectivity index (χ0v) is 13.1. The van der Waals surface area contributed by atoms with Crippen molar-refractivity contribution in [2.45, 2.75) is 19.9 Å². The van der Waals surface area contributed by atoms with Crippen LogP contribution in [-0.2, 0) is 0 Å². The Morgan fingerprint density at radius 3 is 2.37 bits per heavy atom. The highest BCUT2D eigenvalue weighted by atomic mass is 79.9. The second-order valence-electron chi connectivity index (χ2n) is 4.89. The van der Waals surface area contributed by atoms with Crippen LogP contribution >= 0.6 is 15.9 Å². The smallest absolute Gasteiger partial charge is 0.0419 e. The minimum absolute atomic E-state index is 0.0349. The van der Waals surface area contributed by atoms with Gasteiger partial charge in [0.05, 0.1) is 0 Å². The van der Waals surface area contributed by atoms with Crippen LogP contribution < -0.4 is 10.6 Å². The standard InChI is InChI=1S/C16H19BrN2/c1-11-5-4-6-13(9-11)19(3)14-7-8-15(12(2)18)16(17)10-14/h4-10,12H,18H2,1-3H3/t12-/m1/s1. The summed E-state index contributed by atoms with van der Waals surface area (Å²) in [6.07, 6.45) is 0. The number of aryl methyl sites for hydroxylation is 1. The second kappa shape index (κ2) is 5.76. The highest BCUT2D eigenvalue weighted by molar-refractivity contribution is 9.10. The van der Waals surface area contributed by atoms with Gasteiger partial charge in [0, 0.05) is 28.9 Å². The summed E-state index contributed by atoms with van der Waals surface area (Å²) in [7, 11) is 2.07. The van der Waals surface area contributed by atoms with E-state index < -0.39 is 0 Å². The van der Waals surface area contributed by atoms with Crippen molar-refractivity contribution in [1.29, 1.82) is 0 Å². The minimum atomic E-state index is 0.0349. The lowest BCUT2D eigenvalue weighted by Crippen LogP contribution is -2.11. The third-order valence-corrected chi connectivity index (χ3v) is 3.94. The maximum absolute atomic E-state index is 5.93. The molecule has 0 saturated carbocycles. The van der Waals surface area contributed by atoms with Gasteiger partial charge in [-0.25, -0.2) is 0 Å². The Hall–Kier alpha value is -1.32. The van der Waals surface area contributed by atoms with Crippen molar-refractivity contribution >= 4 is 27.3 Å². The van der Waals surface area contributed by atoms with Gasteiger partial charge in [0.2, 0.25) is 0 Å². The van der Waals surface area contributed by atoms with Gasteiger partial charge >= 0.3 is 0 Å². The molecule has 0 saturated heterocycles. The fourth-order valence-electron chi connectivity index (χ4n) is 2.08. The average Bonchev–Trinajstić information content (AvgIpc) is 2.37. The molecule has 19 heavy (non-hydrogen) atoms. The van der Waals surface area contributed by atoms with Crippen molar-refractivity contribution in [3.63, 3.8) is 0 Å². The lowest BCUT2D eigenvalue weighted by Gasteiger charge is -2.21. The monoisotopic (exact) mass is 318 g/mol. The van der Waals surface area contributed by atoms with Gasteiger partial charge < -0.3 is 10.6 Å². The number of benzene rings is 2. The van der Waals surface area contributed by atoms with Gasteiger partial charge in [-0.3, -0.25) is 0 Å². The molecular formula is C16H19BrN2. The molecule has 100 valence electrons. The summed E-state index contributed by atoms with van der Waals surface area (Å²) < 4.78 is 1.06. The fourth-order valence-corrected chi connectivity index (χ4v) is 2.81. The van der Waals surface area contributed by atoms with Crippen LogP contribution in [0.2, 0.25) is 0 Å². The molecule has 3 heteroatoms. The van der Waals surface area contributed by atoms with Gasteiger partial charge in [-0.2, -0.15) is 0 Å². The van der Waals surface area contributed by atoms with E-state index in [2.05, 4.69) is 77.3 Å². The normalized spacial score (nSPS) is 12.3. The first kappa shape index (κ1) is 14.1. The Labute approximate surface area is 123 Å². The molecule has 0 fully saturated rings. The maximum atomic E-state index is 5.93. The van der Waals surface area contributed by atoms with Gasteiger partial charge in [-0.1, -0.05) is 34.1 Å². The number of hydrogen-bond donors (Lipinski definition) is 1. The fraction of sp³-hybridized carbons (Fsp3) is 0.250. The lowest BCUT2D eigenvalue weighted by atomic mass is 10.1. The van der Waals surface area contributed by atoms with Crippen LogP contribution in [-0.4, -0.2) is 7.05 Å². The molecule has 0 bridgehead atoms. The Balaban J connectivity index is 2.34. The zero-order chi connectivity index (χ0) is 14.0. The summed E-state index contributed by atoms with van der Waals surface area (Å²) in [4.78, 5) is 2.17. The van der Waals surface area contributed by atoms with Crippen molar-refractivity contribution in [2.24, 2.45) is 5.73 Å². The van der Waals surface area contributed by atoms with Crippen molar-refractivity contribution in [1.82, 2.24) is 0 Å².